The molecule has 1 unspecified atom stereocenters. The summed E-state index contributed by atoms with van der Waals surface area (Å²) in [5, 5.41) is 3.84. The number of hydrogen-bond donors (Lipinski definition) is 2. The summed E-state index contributed by atoms with van der Waals surface area (Å²) in [4.78, 5) is 27.4. The fourth-order valence-electron chi connectivity index (χ4n) is 3.69. The van der Waals surface area contributed by atoms with Crippen LogP contribution in [0.2, 0.25) is 0 Å². The van der Waals surface area contributed by atoms with Gasteiger partial charge in [0.05, 0.1) is 18.7 Å². The number of furan rings is 1. The molecular weight excluding hydrogens is 332 g/mol. The first-order valence-electron chi connectivity index (χ1n) is 8.67. The lowest BCUT2D eigenvalue weighted by Crippen LogP contribution is -2.32. The molecule has 0 radical (unpaired) electrons. The number of H-pyrrole nitrogens is 1. The molecule has 2 N–H and O–H groups in total. The van der Waals surface area contributed by atoms with Crippen LogP contribution in [0.1, 0.15) is 46.3 Å². The number of carbonyl (C=O) groups excluding carboxylic acids is 1. The summed E-state index contributed by atoms with van der Waals surface area (Å²) in [5.74, 6) is 1.06. The third kappa shape index (κ3) is 2.77. The van der Waals surface area contributed by atoms with Crippen LogP contribution in [0.5, 0.6) is 5.75 Å². The lowest BCUT2D eigenvalue weighted by molar-refractivity contribution is 0.0932. The second kappa shape index (κ2) is 6.37. The Kier molecular flexibility index (Phi) is 4.03. The summed E-state index contributed by atoms with van der Waals surface area (Å²) in [5.41, 5.74) is 2.95. The van der Waals surface area contributed by atoms with Crippen molar-refractivity contribution in [2.24, 2.45) is 0 Å². The summed E-state index contributed by atoms with van der Waals surface area (Å²) in [6, 6.07) is 8.61. The first-order valence-corrected chi connectivity index (χ1v) is 8.67. The van der Waals surface area contributed by atoms with Crippen LogP contribution in [0.15, 0.2) is 39.5 Å². The van der Waals surface area contributed by atoms with E-state index in [0.29, 0.717) is 22.7 Å². The van der Waals surface area contributed by atoms with Crippen molar-refractivity contribution in [3.8, 4) is 5.75 Å². The lowest BCUT2D eigenvalue weighted by Gasteiger charge is -2.25. The Bertz CT molecular complexity index is 1050. The molecule has 2 aromatic heterocycles. The maximum atomic E-state index is 13.0. The average Bonchev–Trinajstić information content (AvgIpc) is 2.96. The van der Waals surface area contributed by atoms with E-state index in [2.05, 4.69) is 10.3 Å². The van der Waals surface area contributed by atoms with E-state index in [0.717, 1.165) is 35.9 Å². The van der Waals surface area contributed by atoms with Crippen LogP contribution in [0.3, 0.4) is 0 Å². The maximum absolute atomic E-state index is 13.0. The van der Waals surface area contributed by atoms with E-state index in [1.165, 1.54) is 6.07 Å². The van der Waals surface area contributed by atoms with Gasteiger partial charge in [0.25, 0.3) is 5.91 Å². The number of pyridine rings is 1. The quantitative estimate of drug-likeness (QED) is 0.758. The van der Waals surface area contributed by atoms with Gasteiger partial charge in [-0.25, -0.2) is 0 Å². The van der Waals surface area contributed by atoms with E-state index in [-0.39, 0.29) is 17.5 Å². The molecule has 0 fully saturated rings. The van der Waals surface area contributed by atoms with E-state index in [1.54, 1.807) is 26.2 Å². The van der Waals surface area contributed by atoms with Crippen LogP contribution in [0, 0.1) is 6.92 Å². The number of carbonyl (C=O) groups is 1. The molecule has 4 rings (SSSR count). The Labute approximate surface area is 150 Å². The highest BCUT2D eigenvalue weighted by atomic mass is 16.5. The van der Waals surface area contributed by atoms with Crippen LogP contribution in [-0.2, 0) is 6.42 Å². The van der Waals surface area contributed by atoms with Gasteiger partial charge in [0, 0.05) is 17.1 Å². The average molecular weight is 352 g/mol. The number of nitrogens with one attached hydrogen (secondary N) is 2. The van der Waals surface area contributed by atoms with Crippen molar-refractivity contribution in [3.63, 3.8) is 0 Å². The molecule has 6 heteroatoms. The Morgan fingerprint density at radius 3 is 2.96 bits per heavy atom. The van der Waals surface area contributed by atoms with Gasteiger partial charge < -0.3 is 19.5 Å². The molecule has 1 aliphatic rings. The number of amides is 1. The molecule has 3 aromatic rings. The summed E-state index contributed by atoms with van der Waals surface area (Å²) in [6.45, 7) is 1.79. The van der Waals surface area contributed by atoms with E-state index in [9.17, 15) is 9.59 Å². The predicted octanol–water partition coefficient (Wildman–Crippen LogP) is 3.25. The monoisotopic (exact) mass is 352 g/mol. The first-order chi connectivity index (χ1) is 12.6. The topological polar surface area (TPSA) is 84.3 Å². The van der Waals surface area contributed by atoms with Crippen molar-refractivity contribution in [1.82, 2.24) is 10.3 Å². The van der Waals surface area contributed by atoms with Gasteiger partial charge in [-0.05, 0) is 56.0 Å². The Balaban J connectivity index is 1.69. The van der Waals surface area contributed by atoms with Crippen LogP contribution in [-0.4, -0.2) is 18.0 Å². The summed E-state index contributed by atoms with van der Waals surface area (Å²) < 4.78 is 11.0. The van der Waals surface area contributed by atoms with E-state index in [1.807, 2.05) is 12.1 Å². The third-order valence-electron chi connectivity index (χ3n) is 4.94. The molecule has 6 nitrogen and oxygen atoms in total. The number of aryl methyl sites for hydroxylation is 2. The zero-order valence-electron chi connectivity index (χ0n) is 14.7. The molecular formula is C20H20N2O4. The molecule has 134 valence electrons. The van der Waals surface area contributed by atoms with Gasteiger partial charge in [-0.1, -0.05) is 0 Å². The minimum absolute atomic E-state index is 0.112. The lowest BCUT2D eigenvalue weighted by atomic mass is 9.91. The van der Waals surface area contributed by atoms with E-state index < -0.39 is 0 Å². The summed E-state index contributed by atoms with van der Waals surface area (Å²) in [6.07, 6.45) is 2.57. The standard InChI is InChI=1S/C20H20N2O4/c1-11-19(14-10-12(25-2)6-8-17(14)26-11)20(24)22-16-5-3-4-15-13(16)7-9-18(23)21-15/h6-10,16H,3-5H2,1-2H3,(H,21,23)(H,22,24). The SMILES string of the molecule is COc1ccc2oc(C)c(C(=O)NC3CCCc4[nH]c(=O)ccc43)c2c1. The van der Waals surface area contributed by atoms with Gasteiger partial charge in [0.15, 0.2) is 0 Å². The number of aromatic nitrogens is 1. The minimum Gasteiger partial charge on any atom is -0.497 e. The fraction of sp³-hybridized carbons (Fsp3) is 0.300. The normalized spacial score (nSPS) is 16.3. The molecule has 26 heavy (non-hydrogen) atoms. The Hall–Kier alpha value is -3.02. The maximum Gasteiger partial charge on any atom is 0.255 e. The van der Waals surface area contributed by atoms with Crippen molar-refractivity contribution in [1.29, 1.82) is 0 Å². The number of rotatable bonds is 3. The van der Waals surface area contributed by atoms with Gasteiger partial charge in [-0.15, -0.1) is 0 Å². The molecule has 2 heterocycles. The number of ether oxygens (including phenoxy) is 1. The molecule has 1 amide bonds. The summed E-state index contributed by atoms with van der Waals surface area (Å²) in [7, 11) is 1.59. The van der Waals surface area contributed by atoms with Crippen molar-refractivity contribution in [3.05, 3.63) is 63.3 Å². The van der Waals surface area contributed by atoms with Crippen molar-refractivity contribution in [2.75, 3.05) is 7.11 Å². The highest BCUT2D eigenvalue weighted by Crippen LogP contribution is 2.31. The molecule has 1 aliphatic carbocycles. The largest absolute Gasteiger partial charge is 0.497 e. The minimum atomic E-state index is -0.182. The number of fused-ring (bicyclic) bond motifs is 2. The number of benzene rings is 1. The second-order valence-corrected chi connectivity index (χ2v) is 6.57. The molecule has 1 aromatic carbocycles. The van der Waals surface area contributed by atoms with Gasteiger partial charge in [-0.2, -0.15) is 0 Å². The molecule has 0 saturated heterocycles. The fourth-order valence-corrected chi connectivity index (χ4v) is 3.69. The summed E-state index contributed by atoms with van der Waals surface area (Å²) >= 11 is 0. The molecule has 0 aliphatic heterocycles. The highest BCUT2D eigenvalue weighted by molar-refractivity contribution is 6.07. The van der Waals surface area contributed by atoms with Crippen LogP contribution >= 0.6 is 0 Å². The van der Waals surface area contributed by atoms with E-state index >= 15 is 0 Å². The second-order valence-electron chi connectivity index (χ2n) is 6.57. The number of hydrogen-bond acceptors (Lipinski definition) is 4. The van der Waals surface area contributed by atoms with Crippen molar-refractivity contribution in [2.45, 2.75) is 32.2 Å². The van der Waals surface area contributed by atoms with Crippen molar-refractivity contribution < 1.29 is 13.9 Å². The van der Waals surface area contributed by atoms with E-state index in [4.69, 9.17) is 9.15 Å². The molecule has 0 bridgehead atoms. The first kappa shape index (κ1) is 16.4. The Morgan fingerprint density at radius 2 is 2.15 bits per heavy atom. The third-order valence-corrected chi connectivity index (χ3v) is 4.94. The van der Waals surface area contributed by atoms with Crippen LogP contribution in [0.4, 0.5) is 0 Å². The number of aromatic amines is 1. The van der Waals surface area contributed by atoms with Crippen LogP contribution < -0.4 is 15.6 Å². The highest BCUT2D eigenvalue weighted by Gasteiger charge is 2.25. The zero-order valence-corrected chi connectivity index (χ0v) is 14.7. The Morgan fingerprint density at radius 1 is 1.31 bits per heavy atom. The van der Waals surface area contributed by atoms with Crippen LogP contribution in [0.25, 0.3) is 11.0 Å². The smallest absolute Gasteiger partial charge is 0.255 e. The van der Waals surface area contributed by atoms with Gasteiger partial charge in [0.1, 0.15) is 17.1 Å². The zero-order chi connectivity index (χ0) is 18.3. The van der Waals surface area contributed by atoms with Crippen molar-refractivity contribution >= 4 is 16.9 Å². The van der Waals surface area contributed by atoms with Gasteiger partial charge >= 0.3 is 0 Å². The van der Waals surface area contributed by atoms with Gasteiger partial charge in [-0.3, -0.25) is 9.59 Å². The number of methoxy groups -OCH3 is 1. The van der Waals surface area contributed by atoms with Gasteiger partial charge in [0.2, 0.25) is 5.56 Å². The molecule has 0 saturated carbocycles. The molecule has 0 spiro atoms. The molecule has 1 atom stereocenters. The predicted molar refractivity (Wildman–Crippen MR) is 97.7 cm³/mol.